The zero-order valence-corrected chi connectivity index (χ0v) is 25.7. The van der Waals surface area contributed by atoms with E-state index in [1.807, 2.05) is 18.2 Å². The molecule has 0 fully saturated rings. The molecule has 8 aromatic rings. The summed E-state index contributed by atoms with van der Waals surface area (Å²) in [5, 5.41) is 2.37. The summed E-state index contributed by atoms with van der Waals surface area (Å²) in [5.41, 5.74) is 13.3. The number of fused-ring (bicyclic) bond motifs is 6. The van der Waals surface area contributed by atoms with Crippen molar-refractivity contribution in [2.45, 2.75) is 6.54 Å². The van der Waals surface area contributed by atoms with Gasteiger partial charge in [-0.3, -0.25) is 9.56 Å². The van der Waals surface area contributed by atoms with Crippen molar-refractivity contribution in [1.82, 2.24) is 9.55 Å². The van der Waals surface area contributed by atoms with Crippen molar-refractivity contribution >= 4 is 45.6 Å². The van der Waals surface area contributed by atoms with E-state index in [0.29, 0.717) is 0 Å². The van der Waals surface area contributed by atoms with Gasteiger partial charge in [-0.05, 0) is 71.4 Å². The number of hydrogen-bond acceptors (Lipinski definition) is 3. The van der Waals surface area contributed by atoms with Gasteiger partial charge in [0.1, 0.15) is 5.82 Å². The maximum Gasteiger partial charge on any atom is 0.138 e. The summed E-state index contributed by atoms with van der Waals surface area (Å²) in [5.74, 6) is 0.888. The van der Waals surface area contributed by atoms with E-state index in [-0.39, 0.29) is 0 Å². The molecule has 0 spiro atoms. The van der Waals surface area contributed by atoms with Crippen LogP contribution in [-0.4, -0.2) is 16.3 Å². The molecule has 1 aliphatic heterocycles. The quantitative estimate of drug-likeness (QED) is 0.184. The average Bonchev–Trinajstić information content (AvgIpc) is 3.47. The van der Waals surface area contributed by atoms with Crippen molar-refractivity contribution < 1.29 is 0 Å². The molecule has 0 unspecified atom stereocenters. The Hall–Kier alpha value is -6.26. The Balaban J connectivity index is 1.36. The monoisotopic (exact) mass is 602 g/mol. The van der Waals surface area contributed by atoms with E-state index in [2.05, 4.69) is 161 Å². The SMILES string of the molecule is C=Nc1ccccc1N1Cc2ccccc2-c2cc3c(cc21)c1ccccc1n3-c1cc(-c2ccccc2)cc(-c2ccccc2)n1. The molecule has 222 valence electrons. The average molecular weight is 603 g/mol. The highest BCUT2D eigenvalue weighted by Gasteiger charge is 2.27. The first-order valence-electron chi connectivity index (χ1n) is 15.9. The van der Waals surface area contributed by atoms with Crippen LogP contribution in [-0.2, 0) is 6.54 Å². The Labute approximate surface area is 273 Å². The molecule has 9 rings (SSSR count). The number of hydrogen-bond donors (Lipinski definition) is 0. The second-order valence-electron chi connectivity index (χ2n) is 12.0. The van der Waals surface area contributed by atoms with Gasteiger partial charge >= 0.3 is 0 Å². The van der Waals surface area contributed by atoms with Gasteiger partial charge in [-0.25, -0.2) is 4.98 Å². The zero-order valence-electron chi connectivity index (χ0n) is 25.7. The first-order valence-corrected chi connectivity index (χ1v) is 15.9. The number of pyridine rings is 1. The van der Waals surface area contributed by atoms with E-state index in [1.54, 1.807) is 0 Å². The van der Waals surface area contributed by atoms with Crippen LogP contribution in [0.4, 0.5) is 17.1 Å². The van der Waals surface area contributed by atoms with E-state index < -0.39 is 0 Å². The van der Waals surface area contributed by atoms with Gasteiger partial charge in [0.05, 0.1) is 33.8 Å². The highest BCUT2D eigenvalue weighted by molar-refractivity contribution is 6.13. The standard InChI is InChI=1S/C43H30N4/c1-44-37-21-11-13-23-40(37)46-28-31-18-8-9-19-33(31)35-27-42-36(26-41(35)46)34-20-10-12-22-39(34)47(42)43-25-32(29-14-4-2-5-15-29)24-38(45-43)30-16-6-3-7-17-30/h2-27H,1,28H2. The number of para-hydroxylation sites is 3. The largest absolute Gasteiger partial charge is 0.335 e. The Bertz CT molecular complexity index is 2400. The van der Waals surface area contributed by atoms with E-state index in [4.69, 9.17) is 4.98 Å². The smallest absolute Gasteiger partial charge is 0.138 e. The molecule has 2 aromatic heterocycles. The van der Waals surface area contributed by atoms with Gasteiger partial charge in [-0.2, -0.15) is 0 Å². The van der Waals surface area contributed by atoms with Gasteiger partial charge in [-0.1, -0.05) is 115 Å². The van der Waals surface area contributed by atoms with Crippen molar-refractivity contribution in [3.05, 3.63) is 163 Å². The fourth-order valence-corrected chi connectivity index (χ4v) is 7.09. The molecular weight excluding hydrogens is 573 g/mol. The molecule has 3 heterocycles. The maximum atomic E-state index is 5.35. The first kappa shape index (κ1) is 27.1. The zero-order chi connectivity index (χ0) is 31.3. The normalized spacial score (nSPS) is 12.2. The fraction of sp³-hybridized carbons (Fsp3) is 0.0233. The molecule has 0 bridgehead atoms. The molecule has 0 aliphatic carbocycles. The van der Waals surface area contributed by atoms with Gasteiger partial charge in [0.25, 0.3) is 0 Å². The molecule has 6 aromatic carbocycles. The minimum atomic E-state index is 0.751. The van der Waals surface area contributed by atoms with Crippen molar-refractivity contribution in [2.24, 2.45) is 4.99 Å². The molecule has 0 saturated heterocycles. The lowest BCUT2D eigenvalue weighted by Gasteiger charge is -2.34. The predicted molar refractivity (Wildman–Crippen MR) is 196 cm³/mol. The highest BCUT2D eigenvalue weighted by Crippen LogP contribution is 2.48. The summed E-state index contributed by atoms with van der Waals surface area (Å²) in [6.45, 7) is 4.64. The summed E-state index contributed by atoms with van der Waals surface area (Å²) in [6, 6.07) is 55.8. The maximum absolute atomic E-state index is 5.35. The summed E-state index contributed by atoms with van der Waals surface area (Å²) in [4.78, 5) is 12.1. The topological polar surface area (TPSA) is 33.4 Å². The molecule has 1 aliphatic rings. The van der Waals surface area contributed by atoms with Gasteiger partial charge in [-0.15, -0.1) is 0 Å². The minimum absolute atomic E-state index is 0.751. The highest BCUT2D eigenvalue weighted by atomic mass is 15.2. The van der Waals surface area contributed by atoms with Crippen LogP contribution in [0, 0.1) is 0 Å². The summed E-state index contributed by atoms with van der Waals surface area (Å²) in [7, 11) is 0. The second-order valence-corrected chi connectivity index (χ2v) is 12.0. The van der Waals surface area contributed by atoms with Crippen molar-refractivity contribution in [3.63, 3.8) is 0 Å². The third-order valence-electron chi connectivity index (χ3n) is 9.28. The van der Waals surface area contributed by atoms with Crippen LogP contribution >= 0.6 is 0 Å². The molecule has 4 heteroatoms. The first-order chi connectivity index (χ1) is 23.3. The molecule has 0 atom stereocenters. The fourth-order valence-electron chi connectivity index (χ4n) is 7.09. The van der Waals surface area contributed by atoms with Crippen molar-refractivity contribution in [3.8, 4) is 39.3 Å². The third-order valence-corrected chi connectivity index (χ3v) is 9.28. The second kappa shape index (κ2) is 11.0. The lowest BCUT2D eigenvalue weighted by molar-refractivity contribution is 0.962. The van der Waals surface area contributed by atoms with Gasteiger partial charge in [0.15, 0.2) is 0 Å². The van der Waals surface area contributed by atoms with Crippen molar-refractivity contribution in [2.75, 3.05) is 4.90 Å². The van der Waals surface area contributed by atoms with E-state index in [1.165, 1.54) is 27.5 Å². The molecule has 0 saturated carbocycles. The number of rotatable bonds is 5. The molecule has 47 heavy (non-hydrogen) atoms. The summed E-state index contributed by atoms with van der Waals surface area (Å²) >= 11 is 0. The van der Waals surface area contributed by atoms with Crippen LogP contribution < -0.4 is 4.90 Å². The lowest BCUT2D eigenvalue weighted by atomic mass is 9.91. The summed E-state index contributed by atoms with van der Waals surface area (Å²) in [6.07, 6.45) is 0. The Morgan fingerprint density at radius 1 is 0.532 bits per heavy atom. The minimum Gasteiger partial charge on any atom is -0.335 e. The van der Waals surface area contributed by atoms with E-state index in [9.17, 15) is 0 Å². The number of benzene rings is 6. The van der Waals surface area contributed by atoms with Crippen LogP contribution in [0.5, 0.6) is 0 Å². The Kier molecular flexibility index (Phi) is 6.32. The van der Waals surface area contributed by atoms with Gasteiger partial charge < -0.3 is 4.90 Å². The number of aromatic nitrogens is 2. The Morgan fingerprint density at radius 2 is 1.23 bits per heavy atom. The number of anilines is 2. The van der Waals surface area contributed by atoms with Crippen LogP contribution in [0.25, 0.3) is 61.1 Å². The van der Waals surface area contributed by atoms with Crippen LogP contribution in [0.2, 0.25) is 0 Å². The number of nitrogens with zero attached hydrogens (tertiary/aromatic N) is 4. The van der Waals surface area contributed by atoms with Crippen molar-refractivity contribution in [1.29, 1.82) is 0 Å². The van der Waals surface area contributed by atoms with Crippen LogP contribution in [0.15, 0.2) is 163 Å². The molecule has 0 amide bonds. The number of aliphatic imine (C=N–C) groups is 1. The molecule has 4 nitrogen and oxygen atoms in total. The Morgan fingerprint density at radius 3 is 2.06 bits per heavy atom. The lowest BCUT2D eigenvalue weighted by Crippen LogP contribution is -2.21. The van der Waals surface area contributed by atoms with Gasteiger partial charge in [0, 0.05) is 28.4 Å². The van der Waals surface area contributed by atoms with E-state index >= 15 is 0 Å². The van der Waals surface area contributed by atoms with Crippen LogP contribution in [0.3, 0.4) is 0 Å². The predicted octanol–water partition coefficient (Wildman–Crippen LogP) is 11.2. The van der Waals surface area contributed by atoms with E-state index in [0.717, 1.165) is 62.8 Å². The third kappa shape index (κ3) is 4.45. The van der Waals surface area contributed by atoms with Gasteiger partial charge in [0.2, 0.25) is 0 Å². The summed E-state index contributed by atoms with van der Waals surface area (Å²) < 4.78 is 2.34. The molecule has 0 N–H and O–H groups in total. The molecular formula is C43H30N4. The van der Waals surface area contributed by atoms with Crippen LogP contribution in [0.1, 0.15) is 5.56 Å². The molecule has 0 radical (unpaired) electrons.